The standard InChI is InChI=1S/C22H20N4O2S2/c27-21(16-4-1-5-17(14-16)28-15-18-6-3-13-29-18)25-9-11-26(12-10-25)22-24-19-7-2-8-23-20(19)30-22/h1-8,13-14H,9-12,15H2. The van der Waals surface area contributed by atoms with Crippen LogP contribution in [0.5, 0.6) is 5.75 Å². The number of hydrogen-bond acceptors (Lipinski definition) is 7. The molecule has 152 valence electrons. The number of ether oxygens (including phenoxy) is 1. The number of thiophene rings is 1. The highest BCUT2D eigenvalue weighted by atomic mass is 32.1. The number of amides is 1. The Balaban J connectivity index is 1.21. The van der Waals surface area contributed by atoms with E-state index in [0.717, 1.165) is 39.2 Å². The van der Waals surface area contributed by atoms with Gasteiger partial charge in [0.05, 0.1) is 0 Å². The van der Waals surface area contributed by atoms with Crippen LogP contribution in [0.4, 0.5) is 5.13 Å². The molecule has 0 aliphatic carbocycles. The first-order chi connectivity index (χ1) is 14.8. The number of fused-ring (bicyclic) bond motifs is 1. The number of hydrogen-bond donors (Lipinski definition) is 0. The quantitative estimate of drug-likeness (QED) is 0.467. The van der Waals surface area contributed by atoms with Crippen molar-refractivity contribution < 1.29 is 9.53 Å². The number of pyridine rings is 1. The summed E-state index contributed by atoms with van der Waals surface area (Å²) in [4.78, 5) is 28.3. The number of aromatic nitrogens is 2. The van der Waals surface area contributed by atoms with Crippen LogP contribution in [0.15, 0.2) is 60.1 Å². The third-order valence-corrected chi connectivity index (χ3v) is 6.92. The van der Waals surface area contributed by atoms with E-state index in [1.807, 2.05) is 58.8 Å². The van der Waals surface area contributed by atoms with Crippen molar-refractivity contribution in [3.05, 3.63) is 70.5 Å². The lowest BCUT2D eigenvalue weighted by molar-refractivity contribution is 0.0746. The number of thiazole rings is 1. The summed E-state index contributed by atoms with van der Waals surface area (Å²) in [5.41, 5.74) is 1.59. The Bertz CT molecular complexity index is 1120. The zero-order valence-corrected chi connectivity index (χ0v) is 17.9. The largest absolute Gasteiger partial charge is 0.488 e. The molecule has 4 heterocycles. The molecule has 6 nitrogen and oxygen atoms in total. The third-order valence-electron chi connectivity index (χ3n) is 5.03. The molecule has 1 saturated heterocycles. The highest BCUT2D eigenvalue weighted by Crippen LogP contribution is 2.28. The van der Waals surface area contributed by atoms with Gasteiger partial charge in [0.1, 0.15) is 22.7 Å². The molecule has 0 unspecified atom stereocenters. The maximum atomic E-state index is 13.0. The van der Waals surface area contributed by atoms with Crippen LogP contribution < -0.4 is 9.64 Å². The average molecular weight is 437 g/mol. The van der Waals surface area contributed by atoms with Gasteiger partial charge >= 0.3 is 0 Å². The number of benzene rings is 1. The Morgan fingerprint density at radius 3 is 2.77 bits per heavy atom. The van der Waals surface area contributed by atoms with Crippen LogP contribution in [-0.2, 0) is 6.61 Å². The minimum Gasteiger partial charge on any atom is -0.488 e. The average Bonchev–Trinajstić information content (AvgIpc) is 3.47. The molecule has 30 heavy (non-hydrogen) atoms. The Morgan fingerprint density at radius 2 is 1.97 bits per heavy atom. The van der Waals surface area contributed by atoms with Crippen molar-refractivity contribution in [3.8, 4) is 5.75 Å². The smallest absolute Gasteiger partial charge is 0.254 e. The van der Waals surface area contributed by atoms with Gasteiger partial charge in [0.25, 0.3) is 5.91 Å². The van der Waals surface area contributed by atoms with Crippen LogP contribution in [-0.4, -0.2) is 47.0 Å². The van der Waals surface area contributed by atoms with Crippen LogP contribution >= 0.6 is 22.7 Å². The fourth-order valence-electron chi connectivity index (χ4n) is 3.45. The zero-order valence-electron chi connectivity index (χ0n) is 16.2. The van der Waals surface area contributed by atoms with Gasteiger partial charge in [-0.15, -0.1) is 11.3 Å². The first kappa shape index (κ1) is 19.0. The summed E-state index contributed by atoms with van der Waals surface area (Å²) in [5, 5.41) is 3.00. The lowest BCUT2D eigenvalue weighted by Gasteiger charge is -2.34. The van der Waals surface area contributed by atoms with E-state index in [9.17, 15) is 4.79 Å². The molecule has 3 aromatic heterocycles. The van der Waals surface area contributed by atoms with Crippen molar-refractivity contribution >= 4 is 44.1 Å². The highest BCUT2D eigenvalue weighted by molar-refractivity contribution is 7.21. The lowest BCUT2D eigenvalue weighted by atomic mass is 10.1. The molecule has 5 rings (SSSR count). The molecule has 1 fully saturated rings. The number of piperazine rings is 1. The van der Waals surface area contributed by atoms with Gasteiger partial charge in [-0.3, -0.25) is 4.79 Å². The van der Waals surface area contributed by atoms with E-state index in [1.54, 1.807) is 28.9 Å². The van der Waals surface area contributed by atoms with Gasteiger partial charge in [-0.05, 0) is 41.8 Å². The fourth-order valence-corrected chi connectivity index (χ4v) is 5.02. The summed E-state index contributed by atoms with van der Waals surface area (Å²) in [7, 11) is 0. The molecule has 4 aromatic rings. The zero-order chi connectivity index (χ0) is 20.3. The first-order valence-electron chi connectivity index (χ1n) is 9.77. The lowest BCUT2D eigenvalue weighted by Crippen LogP contribution is -2.48. The topological polar surface area (TPSA) is 58.6 Å². The van der Waals surface area contributed by atoms with Crippen molar-refractivity contribution in [1.82, 2.24) is 14.9 Å². The van der Waals surface area contributed by atoms with Gasteiger partial charge in [-0.2, -0.15) is 0 Å². The van der Waals surface area contributed by atoms with Crippen LogP contribution in [0, 0.1) is 0 Å². The summed E-state index contributed by atoms with van der Waals surface area (Å²) in [6, 6.07) is 15.4. The van der Waals surface area contributed by atoms with E-state index in [0.29, 0.717) is 25.3 Å². The third kappa shape index (κ3) is 4.01. The molecule has 0 atom stereocenters. The Labute approximate surface area is 182 Å². The Kier molecular flexibility index (Phi) is 5.33. The van der Waals surface area contributed by atoms with E-state index in [-0.39, 0.29) is 5.91 Å². The second-order valence-corrected chi connectivity index (χ2v) is 8.99. The van der Waals surface area contributed by atoms with Gasteiger partial charge in [-0.1, -0.05) is 23.5 Å². The molecule has 0 saturated carbocycles. The van der Waals surface area contributed by atoms with E-state index < -0.39 is 0 Å². The normalized spacial score (nSPS) is 14.3. The van der Waals surface area contributed by atoms with Crippen molar-refractivity contribution in [2.45, 2.75) is 6.61 Å². The molecule has 1 amide bonds. The van der Waals surface area contributed by atoms with Gasteiger partial charge in [0.15, 0.2) is 5.13 Å². The summed E-state index contributed by atoms with van der Waals surface area (Å²) in [6.07, 6.45) is 1.79. The molecule has 0 N–H and O–H groups in total. The highest BCUT2D eigenvalue weighted by Gasteiger charge is 2.24. The number of anilines is 1. The van der Waals surface area contributed by atoms with Crippen LogP contribution in [0.1, 0.15) is 15.2 Å². The summed E-state index contributed by atoms with van der Waals surface area (Å²) < 4.78 is 5.85. The van der Waals surface area contributed by atoms with Crippen LogP contribution in [0.25, 0.3) is 10.3 Å². The van der Waals surface area contributed by atoms with Crippen LogP contribution in [0.2, 0.25) is 0 Å². The van der Waals surface area contributed by atoms with Crippen LogP contribution in [0.3, 0.4) is 0 Å². The molecular weight excluding hydrogens is 416 g/mol. The molecule has 1 aliphatic heterocycles. The number of carbonyl (C=O) groups excluding carboxylic acids is 1. The molecule has 1 aromatic carbocycles. The van der Waals surface area contributed by atoms with E-state index in [4.69, 9.17) is 4.74 Å². The second kappa shape index (κ2) is 8.41. The van der Waals surface area contributed by atoms with Crippen molar-refractivity contribution in [3.63, 3.8) is 0 Å². The predicted octanol–water partition coefficient (Wildman–Crippen LogP) is 4.29. The number of nitrogens with zero attached hydrogens (tertiary/aromatic N) is 4. The fraction of sp³-hybridized carbons (Fsp3) is 0.227. The summed E-state index contributed by atoms with van der Waals surface area (Å²) >= 11 is 3.26. The maximum Gasteiger partial charge on any atom is 0.254 e. The molecule has 1 aliphatic rings. The molecule has 0 spiro atoms. The molecule has 8 heteroatoms. The maximum absolute atomic E-state index is 13.0. The summed E-state index contributed by atoms with van der Waals surface area (Å²) in [6.45, 7) is 3.39. The van der Waals surface area contributed by atoms with Crippen molar-refractivity contribution in [1.29, 1.82) is 0 Å². The minimum atomic E-state index is 0.0437. The predicted molar refractivity (Wildman–Crippen MR) is 121 cm³/mol. The Hall–Kier alpha value is -2.97. The monoisotopic (exact) mass is 436 g/mol. The first-order valence-corrected chi connectivity index (χ1v) is 11.5. The number of carbonyl (C=O) groups is 1. The van der Waals surface area contributed by atoms with E-state index in [1.165, 1.54) is 0 Å². The second-order valence-electron chi connectivity index (χ2n) is 7.00. The van der Waals surface area contributed by atoms with Crippen molar-refractivity contribution in [2.75, 3.05) is 31.1 Å². The van der Waals surface area contributed by atoms with E-state index >= 15 is 0 Å². The van der Waals surface area contributed by atoms with Gasteiger partial charge < -0.3 is 14.5 Å². The van der Waals surface area contributed by atoms with E-state index in [2.05, 4.69) is 14.9 Å². The molecule has 0 bridgehead atoms. The SMILES string of the molecule is O=C(c1cccc(OCc2cccs2)c1)N1CCN(c2nc3cccnc3s2)CC1. The Morgan fingerprint density at radius 1 is 1.07 bits per heavy atom. The molecular formula is C22H20N4O2S2. The minimum absolute atomic E-state index is 0.0437. The van der Waals surface area contributed by atoms with Crippen molar-refractivity contribution in [2.24, 2.45) is 0 Å². The summed E-state index contributed by atoms with van der Waals surface area (Å²) in [5.74, 6) is 0.761. The van der Waals surface area contributed by atoms with Gasteiger partial charge in [-0.25, -0.2) is 9.97 Å². The number of rotatable bonds is 5. The van der Waals surface area contributed by atoms with Gasteiger partial charge in [0.2, 0.25) is 0 Å². The van der Waals surface area contributed by atoms with Gasteiger partial charge in [0, 0.05) is 42.8 Å². The molecule has 0 radical (unpaired) electrons.